The Hall–Kier alpha value is -1.06. The SMILES string of the molecule is C[N+]1(C)C2CCCC1CC(OC(=O)c1ccccc1)C2.[Cl-]. The number of hydrogen-bond donors (Lipinski definition) is 0. The van der Waals surface area contributed by atoms with Crippen molar-refractivity contribution in [3.05, 3.63) is 35.9 Å². The first-order valence-electron chi connectivity index (χ1n) is 7.66. The lowest BCUT2D eigenvalue weighted by atomic mass is 9.81. The first kappa shape index (κ1) is 16.3. The van der Waals surface area contributed by atoms with Gasteiger partial charge in [-0.15, -0.1) is 0 Å². The zero-order valence-corrected chi connectivity index (χ0v) is 13.6. The fourth-order valence-corrected chi connectivity index (χ4v) is 3.92. The summed E-state index contributed by atoms with van der Waals surface area (Å²) >= 11 is 0. The summed E-state index contributed by atoms with van der Waals surface area (Å²) in [6.45, 7) is 0. The smallest absolute Gasteiger partial charge is 0.338 e. The van der Waals surface area contributed by atoms with Gasteiger partial charge in [0, 0.05) is 12.8 Å². The minimum atomic E-state index is -0.166. The predicted molar refractivity (Wildman–Crippen MR) is 78.4 cm³/mol. The van der Waals surface area contributed by atoms with Gasteiger partial charge in [-0.3, -0.25) is 0 Å². The maximum absolute atomic E-state index is 12.2. The summed E-state index contributed by atoms with van der Waals surface area (Å²) in [6.07, 6.45) is 6.00. The number of quaternary nitrogens is 1. The van der Waals surface area contributed by atoms with E-state index in [0.29, 0.717) is 17.6 Å². The lowest BCUT2D eigenvalue weighted by molar-refractivity contribution is -0.950. The monoisotopic (exact) mass is 309 g/mol. The van der Waals surface area contributed by atoms with Gasteiger partial charge in [-0.1, -0.05) is 18.2 Å². The predicted octanol–water partition coefficient (Wildman–Crippen LogP) is 0.00730. The Morgan fingerprint density at radius 2 is 1.67 bits per heavy atom. The number of rotatable bonds is 2. The summed E-state index contributed by atoms with van der Waals surface area (Å²) in [4.78, 5) is 12.2. The Morgan fingerprint density at radius 3 is 2.24 bits per heavy atom. The van der Waals surface area contributed by atoms with Gasteiger partial charge in [-0.2, -0.15) is 0 Å². The van der Waals surface area contributed by atoms with Crippen molar-refractivity contribution < 1.29 is 26.4 Å². The molecule has 4 heteroatoms. The molecule has 0 saturated carbocycles. The molecule has 3 rings (SSSR count). The standard InChI is InChI=1S/C17H24NO2.ClH/c1-18(2)14-9-6-10-15(18)12-16(11-14)20-17(19)13-7-4-3-5-8-13;/h3-5,7-8,14-16H,6,9-12H2,1-2H3;1H/q+1;/p-1. The van der Waals surface area contributed by atoms with Crippen molar-refractivity contribution in [3.63, 3.8) is 0 Å². The Labute approximate surface area is 133 Å². The highest BCUT2D eigenvalue weighted by Crippen LogP contribution is 2.38. The van der Waals surface area contributed by atoms with Crippen LogP contribution in [0.3, 0.4) is 0 Å². The van der Waals surface area contributed by atoms with Crippen LogP contribution in [0.5, 0.6) is 0 Å². The van der Waals surface area contributed by atoms with Crippen LogP contribution in [0, 0.1) is 0 Å². The van der Waals surface area contributed by atoms with Gasteiger partial charge in [-0.25, -0.2) is 4.79 Å². The van der Waals surface area contributed by atoms with E-state index in [-0.39, 0.29) is 24.5 Å². The molecule has 2 aliphatic rings. The number of piperidine rings is 2. The molecule has 21 heavy (non-hydrogen) atoms. The molecule has 0 N–H and O–H groups in total. The van der Waals surface area contributed by atoms with Crippen LogP contribution in [-0.2, 0) is 4.74 Å². The number of fused-ring (bicyclic) bond motifs is 2. The zero-order chi connectivity index (χ0) is 14.2. The molecular weight excluding hydrogens is 286 g/mol. The van der Waals surface area contributed by atoms with Crippen LogP contribution in [-0.4, -0.2) is 42.7 Å². The summed E-state index contributed by atoms with van der Waals surface area (Å²) in [7, 11) is 4.67. The fourth-order valence-electron chi connectivity index (χ4n) is 3.92. The first-order chi connectivity index (χ1) is 9.57. The molecule has 0 amide bonds. The van der Waals surface area contributed by atoms with Crippen molar-refractivity contribution >= 4 is 5.97 Å². The Morgan fingerprint density at radius 1 is 1.10 bits per heavy atom. The quantitative estimate of drug-likeness (QED) is 0.568. The summed E-state index contributed by atoms with van der Waals surface area (Å²) in [5, 5.41) is 0. The van der Waals surface area contributed by atoms with Crippen LogP contribution < -0.4 is 12.4 Å². The van der Waals surface area contributed by atoms with Crippen molar-refractivity contribution in [1.29, 1.82) is 0 Å². The van der Waals surface area contributed by atoms with Crippen LogP contribution in [0.4, 0.5) is 0 Å². The number of halogens is 1. The second kappa shape index (κ2) is 6.37. The average molecular weight is 310 g/mol. The summed E-state index contributed by atoms with van der Waals surface area (Å²) < 4.78 is 6.87. The number of hydrogen-bond acceptors (Lipinski definition) is 2. The number of esters is 1. The van der Waals surface area contributed by atoms with Crippen LogP contribution in [0.1, 0.15) is 42.5 Å². The van der Waals surface area contributed by atoms with E-state index in [1.807, 2.05) is 30.3 Å². The highest BCUT2D eigenvalue weighted by atomic mass is 35.5. The summed E-state index contributed by atoms with van der Waals surface area (Å²) in [5.74, 6) is -0.166. The van der Waals surface area contributed by atoms with E-state index in [4.69, 9.17) is 4.74 Å². The van der Waals surface area contributed by atoms with Crippen molar-refractivity contribution in [2.45, 2.75) is 50.3 Å². The Bertz CT molecular complexity index is 473. The molecule has 2 unspecified atom stereocenters. The lowest BCUT2D eigenvalue weighted by Crippen LogP contribution is -3.00. The van der Waals surface area contributed by atoms with Gasteiger partial charge >= 0.3 is 5.97 Å². The number of benzene rings is 1. The van der Waals surface area contributed by atoms with Gasteiger partial charge in [0.2, 0.25) is 0 Å². The molecule has 0 aromatic heterocycles. The normalized spacial score (nSPS) is 30.1. The summed E-state index contributed by atoms with van der Waals surface area (Å²) in [6, 6.07) is 10.6. The molecule has 2 heterocycles. The molecule has 116 valence electrons. The minimum absolute atomic E-state index is 0. The minimum Gasteiger partial charge on any atom is -1.00 e. The Kier molecular flexibility index (Phi) is 4.95. The third-order valence-electron chi connectivity index (χ3n) is 5.31. The highest BCUT2D eigenvalue weighted by Gasteiger charge is 2.47. The van der Waals surface area contributed by atoms with E-state index in [0.717, 1.165) is 17.3 Å². The maximum Gasteiger partial charge on any atom is 0.338 e. The molecule has 2 bridgehead atoms. The number of nitrogens with zero attached hydrogens (tertiary/aromatic N) is 1. The van der Waals surface area contributed by atoms with E-state index in [1.54, 1.807) is 0 Å². The van der Waals surface area contributed by atoms with Gasteiger partial charge in [0.15, 0.2) is 0 Å². The fraction of sp³-hybridized carbons (Fsp3) is 0.588. The molecule has 0 spiro atoms. The van der Waals surface area contributed by atoms with Crippen LogP contribution in [0.25, 0.3) is 0 Å². The van der Waals surface area contributed by atoms with Crippen LogP contribution in [0.15, 0.2) is 30.3 Å². The zero-order valence-electron chi connectivity index (χ0n) is 12.8. The molecule has 2 atom stereocenters. The van der Waals surface area contributed by atoms with Crippen molar-refractivity contribution in [2.75, 3.05) is 14.1 Å². The average Bonchev–Trinajstić information content (AvgIpc) is 2.40. The second-order valence-corrected chi connectivity index (χ2v) is 6.73. The van der Waals surface area contributed by atoms with E-state index in [2.05, 4.69) is 14.1 Å². The molecule has 0 aliphatic carbocycles. The lowest BCUT2D eigenvalue weighted by Gasteiger charge is -2.52. The molecule has 2 aliphatic heterocycles. The third kappa shape index (κ3) is 3.24. The summed E-state index contributed by atoms with van der Waals surface area (Å²) in [5.41, 5.74) is 0.664. The molecule has 2 fully saturated rings. The van der Waals surface area contributed by atoms with Gasteiger partial charge in [0.25, 0.3) is 0 Å². The molecule has 3 nitrogen and oxygen atoms in total. The van der Waals surface area contributed by atoms with E-state index >= 15 is 0 Å². The number of carbonyl (C=O) groups excluding carboxylic acids is 1. The van der Waals surface area contributed by atoms with Crippen LogP contribution >= 0.6 is 0 Å². The number of ether oxygens (including phenoxy) is 1. The molecular formula is C17H24ClNO2. The van der Waals surface area contributed by atoms with Crippen molar-refractivity contribution in [1.82, 2.24) is 0 Å². The van der Waals surface area contributed by atoms with E-state index < -0.39 is 0 Å². The molecule has 2 saturated heterocycles. The highest BCUT2D eigenvalue weighted by molar-refractivity contribution is 5.89. The van der Waals surface area contributed by atoms with E-state index in [1.165, 1.54) is 19.3 Å². The Balaban J connectivity index is 0.00000161. The molecule has 0 radical (unpaired) electrons. The van der Waals surface area contributed by atoms with E-state index in [9.17, 15) is 4.79 Å². The third-order valence-corrected chi connectivity index (χ3v) is 5.31. The van der Waals surface area contributed by atoms with Crippen LogP contribution in [0.2, 0.25) is 0 Å². The number of carbonyl (C=O) groups is 1. The topological polar surface area (TPSA) is 26.3 Å². The van der Waals surface area contributed by atoms with Gasteiger partial charge in [0.05, 0.1) is 31.7 Å². The second-order valence-electron chi connectivity index (χ2n) is 6.73. The van der Waals surface area contributed by atoms with Crippen molar-refractivity contribution in [2.24, 2.45) is 0 Å². The largest absolute Gasteiger partial charge is 1.00 e. The van der Waals surface area contributed by atoms with Gasteiger partial charge < -0.3 is 21.6 Å². The molecule has 1 aromatic carbocycles. The maximum atomic E-state index is 12.2. The first-order valence-corrected chi connectivity index (χ1v) is 7.66. The van der Waals surface area contributed by atoms with Crippen molar-refractivity contribution in [3.8, 4) is 0 Å². The van der Waals surface area contributed by atoms with Gasteiger partial charge in [-0.05, 0) is 31.4 Å². The molecule has 1 aromatic rings. The van der Waals surface area contributed by atoms with Gasteiger partial charge in [0.1, 0.15) is 6.10 Å².